The van der Waals surface area contributed by atoms with Gasteiger partial charge in [0.25, 0.3) is 5.01 Å². The zero-order chi connectivity index (χ0) is 19.2. The number of hydrogen-bond acceptors (Lipinski definition) is 3. The average molecular weight is 378 g/mol. The lowest BCUT2D eigenvalue weighted by Crippen LogP contribution is -2.28. The number of β-amino-alcohol motifs (C(OH)–C–C–N with tert-alkyl or cyclic N) is 1. The first-order chi connectivity index (χ1) is 13.2. The Labute approximate surface area is 164 Å². The summed E-state index contributed by atoms with van der Waals surface area (Å²) in [7, 11) is 2.11. The van der Waals surface area contributed by atoms with Crippen LogP contribution in [-0.4, -0.2) is 18.3 Å². The van der Waals surface area contributed by atoms with E-state index in [1.54, 1.807) is 0 Å². The van der Waals surface area contributed by atoms with E-state index in [0.29, 0.717) is 6.54 Å². The number of anilines is 1. The number of aromatic nitrogens is 1. The molecule has 0 aliphatic carbocycles. The van der Waals surface area contributed by atoms with Crippen LogP contribution in [0, 0.1) is 0 Å². The molecule has 3 nitrogen and oxygen atoms in total. The SMILES string of the molecule is C=C1C=CN(CCO)c2ccccc21.CC=Cc1sc2ccccc2[n+]1C. The fourth-order valence-corrected chi connectivity index (χ4v) is 4.18. The van der Waals surface area contributed by atoms with Crippen LogP contribution in [0.4, 0.5) is 5.69 Å². The van der Waals surface area contributed by atoms with Crippen LogP contribution in [0.1, 0.15) is 17.5 Å². The maximum Gasteiger partial charge on any atom is 0.262 e. The highest BCUT2D eigenvalue weighted by atomic mass is 32.1. The first kappa shape index (κ1) is 19.1. The van der Waals surface area contributed by atoms with Crippen LogP contribution < -0.4 is 9.47 Å². The molecule has 1 aliphatic rings. The first-order valence-electron chi connectivity index (χ1n) is 9.00. The molecule has 0 bridgehead atoms. The first-order valence-corrected chi connectivity index (χ1v) is 9.81. The molecule has 138 valence electrons. The van der Waals surface area contributed by atoms with Gasteiger partial charge in [0.1, 0.15) is 11.7 Å². The van der Waals surface area contributed by atoms with E-state index in [-0.39, 0.29) is 6.61 Å². The third-order valence-electron chi connectivity index (χ3n) is 4.44. The third-order valence-corrected chi connectivity index (χ3v) is 5.62. The van der Waals surface area contributed by atoms with Crippen molar-refractivity contribution in [1.82, 2.24) is 0 Å². The van der Waals surface area contributed by atoms with Gasteiger partial charge in [0.05, 0.1) is 6.61 Å². The number of hydrogen-bond donors (Lipinski definition) is 1. The van der Waals surface area contributed by atoms with Gasteiger partial charge in [-0.1, -0.05) is 54.3 Å². The molecule has 4 rings (SSSR count). The van der Waals surface area contributed by atoms with E-state index in [1.165, 1.54) is 15.2 Å². The smallest absolute Gasteiger partial charge is 0.262 e. The molecule has 0 fully saturated rings. The Morgan fingerprint density at radius 1 is 1.15 bits per heavy atom. The molecule has 1 N–H and O–H groups in total. The van der Waals surface area contributed by atoms with Crippen molar-refractivity contribution in [3.8, 4) is 0 Å². The number of para-hydroxylation sites is 2. The molecule has 1 aromatic heterocycles. The van der Waals surface area contributed by atoms with E-state index in [0.717, 1.165) is 16.8 Å². The summed E-state index contributed by atoms with van der Waals surface area (Å²) in [5.41, 5.74) is 4.59. The lowest BCUT2D eigenvalue weighted by molar-refractivity contribution is -0.642. The van der Waals surface area contributed by atoms with E-state index in [1.807, 2.05) is 59.7 Å². The second-order valence-corrected chi connectivity index (χ2v) is 7.30. The van der Waals surface area contributed by atoms with E-state index in [2.05, 4.69) is 54.6 Å². The molecule has 4 heteroatoms. The average Bonchev–Trinajstić information content (AvgIpc) is 3.01. The number of benzene rings is 2. The van der Waals surface area contributed by atoms with Gasteiger partial charge in [-0.15, -0.1) is 0 Å². The summed E-state index contributed by atoms with van der Waals surface area (Å²) in [6.07, 6.45) is 8.15. The Bertz CT molecular complexity index is 1000. The van der Waals surface area contributed by atoms with Gasteiger partial charge in [-0.2, -0.15) is 4.57 Å². The van der Waals surface area contributed by atoms with Gasteiger partial charge >= 0.3 is 0 Å². The molecule has 2 heterocycles. The lowest BCUT2D eigenvalue weighted by Gasteiger charge is -2.26. The second-order valence-electron chi connectivity index (χ2n) is 6.24. The molecule has 3 aromatic rings. The molecule has 0 saturated heterocycles. The molecule has 0 saturated carbocycles. The van der Waals surface area contributed by atoms with Crippen LogP contribution >= 0.6 is 11.3 Å². The van der Waals surface area contributed by atoms with Crippen molar-refractivity contribution in [3.63, 3.8) is 0 Å². The monoisotopic (exact) mass is 377 g/mol. The van der Waals surface area contributed by atoms with Gasteiger partial charge in [-0.3, -0.25) is 0 Å². The fraction of sp³-hybridized carbons (Fsp3) is 0.174. The highest BCUT2D eigenvalue weighted by Gasteiger charge is 2.13. The van der Waals surface area contributed by atoms with E-state index < -0.39 is 0 Å². The molecule has 0 unspecified atom stereocenters. The summed E-state index contributed by atoms with van der Waals surface area (Å²) in [6, 6.07) is 16.6. The number of aliphatic hydroxyl groups is 1. The Hall–Kier alpha value is -2.69. The summed E-state index contributed by atoms with van der Waals surface area (Å²) < 4.78 is 3.57. The molecular formula is C23H25N2OS+. The van der Waals surface area contributed by atoms with Crippen molar-refractivity contribution in [3.05, 3.63) is 84.0 Å². The Kier molecular flexibility index (Phi) is 6.22. The van der Waals surface area contributed by atoms with Crippen molar-refractivity contribution in [2.75, 3.05) is 18.1 Å². The second kappa shape index (κ2) is 8.80. The van der Waals surface area contributed by atoms with E-state index in [4.69, 9.17) is 5.11 Å². The predicted octanol–water partition coefficient (Wildman–Crippen LogP) is 4.78. The number of rotatable bonds is 3. The largest absolute Gasteiger partial charge is 0.395 e. The van der Waals surface area contributed by atoms with Crippen LogP contribution in [0.3, 0.4) is 0 Å². The number of aliphatic hydroxyl groups excluding tert-OH is 1. The zero-order valence-electron chi connectivity index (χ0n) is 15.8. The van der Waals surface area contributed by atoms with Crippen LogP contribution in [0.5, 0.6) is 0 Å². The van der Waals surface area contributed by atoms with Crippen LogP contribution in [-0.2, 0) is 7.05 Å². The third kappa shape index (κ3) is 4.18. The molecular weight excluding hydrogens is 352 g/mol. The highest BCUT2D eigenvalue weighted by molar-refractivity contribution is 7.18. The number of thiazole rings is 1. The van der Waals surface area contributed by atoms with E-state index in [9.17, 15) is 0 Å². The Balaban J connectivity index is 0.000000156. The predicted molar refractivity (Wildman–Crippen MR) is 117 cm³/mol. The maximum atomic E-state index is 8.91. The van der Waals surface area contributed by atoms with E-state index >= 15 is 0 Å². The van der Waals surface area contributed by atoms with Gasteiger partial charge < -0.3 is 10.0 Å². The summed E-state index contributed by atoms with van der Waals surface area (Å²) >= 11 is 1.82. The number of nitrogens with zero attached hydrogens (tertiary/aromatic N) is 2. The topological polar surface area (TPSA) is 27.3 Å². The van der Waals surface area contributed by atoms with Gasteiger partial charge in [0.15, 0.2) is 0 Å². The van der Waals surface area contributed by atoms with Gasteiger partial charge in [-0.25, -0.2) is 0 Å². The minimum atomic E-state index is 0.158. The molecule has 0 spiro atoms. The van der Waals surface area contributed by atoms with Crippen molar-refractivity contribution in [1.29, 1.82) is 0 Å². The summed E-state index contributed by atoms with van der Waals surface area (Å²) in [5, 5.41) is 10.2. The van der Waals surface area contributed by atoms with Crippen molar-refractivity contribution < 1.29 is 9.67 Å². The van der Waals surface area contributed by atoms with Gasteiger partial charge in [-0.05, 0) is 30.7 Å². The van der Waals surface area contributed by atoms with Crippen LogP contribution in [0.2, 0.25) is 0 Å². The summed E-state index contributed by atoms with van der Waals surface area (Å²) in [4.78, 5) is 2.03. The maximum absolute atomic E-state index is 8.91. The number of allylic oxidation sites excluding steroid dienone is 3. The van der Waals surface area contributed by atoms with Crippen molar-refractivity contribution in [2.24, 2.45) is 7.05 Å². The standard InChI is InChI=1S/C12H13NO.C11H12NS/c1-10-6-7-13(8-9-14)12-5-3-2-4-11(10)12;1-3-6-11-12(2)9-7-4-5-8-10(9)13-11/h2-7,14H,1,8-9H2;3-8H,1-2H3/q;+1. The number of aryl methyl sites for hydroxylation is 1. The summed E-state index contributed by atoms with van der Waals surface area (Å²) in [6.45, 7) is 6.80. The Morgan fingerprint density at radius 3 is 2.63 bits per heavy atom. The molecule has 2 aromatic carbocycles. The van der Waals surface area contributed by atoms with Crippen molar-refractivity contribution >= 4 is 38.9 Å². The van der Waals surface area contributed by atoms with Crippen LogP contribution in [0.25, 0.3) is 21.9 Å². The number of fused-ring (bicyclic) bond motifs is 2. The lowest BCUT2D eigenvalue weighted by atomic mass is 10.0. The van der Waals surface area contributed by atoms with Crippen molar-refractivity contribution in [2.45, 2.75) is 6.92 Å². The van der Waals surface area contributed by atoms with Gasteiger partial charge in [0.2, 0.25) is 5.52 Å². The minimum absolute atomic E-state index is 0.158. The Morgan fingerprint density at radius 2 is 1.89 bits per heavy atom. The summed E-state index contributed by atoms with van der Waals surface area (Å²) in [5.74, 6) is 0. The molecule has 0 radical (unpaired) electrons. The molecule has 1 aliphatic heterocycles. The minimum Gasteiger partial charge on any atom is -0.395 e. The highest BCUT2D eigenvalue weighted by Crippen LogP contribution is 2.30. The normalized spacial score (nSPS) is 13.0. The molecule has 27 heavy (non-hydrogen) atoms. The fourth-order valence-electron chi connectivity index (χ4n) is 3.06. The quantitative estimate of drug-likeness (QED) is 0.665. The zero-order valence-corrected chi connectivity index (χ0v) is 16.6. The molecule has 0 amide bonds. The molecule has 0 atom stereocenters. The van der Waals surface area contributed by atoms with Crippen LogP contribution in [0.15, 0.2) is 73.5 Å². The van der Waals surface area contributed by atoms with Gasteiger partial charge in [0, 0.05) is 36.1 Å².